The predicted molar refractivity (Wildman–Crippen MR) is 107 cm³/mol. The summed E-state index contributed by atoms with van der Waals surface area (Å²) in [6.45, 7) is 0.398. The first-order valence-electron chi connectivity index (χ1n) is 8.50. The molecule has 1 aromatic heterocycles. The van der Waals surface area contributed by atoms with Crippen LogP contribution in [0.4, 0.5) is 0 Å². The summed E-state index contributed by atoms with van der Waals surface area (Å²) in [5, 5.41) is 18.3. The van der Waals surface area contributed by atoms with Crippen molar-refractivity contribution in [2.75, 3.05) is 0 Å². The summed E-state index contributed by atoms with van der Waals surface area (Å²) in [5.41, 5.74) is 4.40. The van der Waals surface area contributed by atoms with Gasteiger partial charge in [0.15, 0.2) is 0 Å². The molecule has 2 N–H and O–H groups in total. The highest BCUT2D eigenvalue weighted by Gasteiger charge is 2.14. The summed E-state index contributed by atoms with van der Waals surface area (Å²) in [7, 11) is 0. The van der Waals surface area contributed by atoms with Crippen molar-refractivity contribution in [1.29, 1.82) is 0 Å². The lowest BCUT2D eigenvalue weighted by Gasteiger charge is -2.10. The number of halogens is 1. The molecule has 0 aliphatic rings. The Balaban J connectivity index is 1.56. The molecule has 4 nitrogen and oxygen atoms in total. The van der Waals surface area contributed by atoms with Gasteiger partial charge in [0.05, 0.1) is 11.9 Å². The highest BCUT2D eigenvalue weighted by Crippen LogP contribution is 2.37. The molecular formula is C22H17ClN2O2. The average Bonchev–Trinajstić information content (AvgIpc) is 3.18. The van der Waals surface area contributed by atoms with Crippen LogP contribution < -0.4 is 4.74 Å². The Morgan fingerprint density at radius 1 is 0.926 bits per heavy atom. The van der Waals surface area contributed by atoms with E-state index in [1.165, 1.54) is 0 Å². The number of hydrogen-bond acceptors (Lipinski definition) is 3. The van der Waals surface area contributed by atoms with Gasteiger partial charge in [-0.3, -0.25) is 5.10 Å². The van der Waals surface area contributed by atoms with E-state index in [4.69, 9.17) is 16.3 Å². The Bertz CT molecular complexity index is 1040. The number of nitrogens with one attached hydrogen (secondary N) is 1. The van der Waals surface area contributed by atoms with Crippen LogP contribution in [0.1, 0.15) is 5.56 Å². The van der Waals surface area contributed by atoms with Crippen molar-refractivity contribution >= 4 is 11.6 Å². The van der Waals surface area contributed by atoms with Gasteiger partial charge in [-0.25, -0.2) is 0 Å². The Labute approximate surface area is 162 Å². The monoisotopic (exact) mass is 376 g/mol. The number of benzene rings is 3. The zero-order valence-corrected chi connectivity index (χ0v) is 15.1. The molecule has 0 aliphatic carbocycles. The fourth-order valence-electron chi connectivity index (χ4n) is 2.89. The first-order valence-corrected chi connectivity index (χ1v) is 8.88. The first kappa shape index (κ1) is 17.2. The molecule has 0 saturated carbocycles. The Kier molecular flexibility index (Phi) is 4.81. The summed E-state index contributed by atoms with van der Waals surface area (Å²) in [6, 6.07) is 22.7. The van der Waals surface area contributed by atoms with Gasteiger partial charge in [0, 0.05) is 22.2 Å². The van der Waals surface area contributed by atoms with Gasteiger partial charge in [-0.1, -0.05) is 54.1 Å². The summed E-state index contributed by atoms with van der Waals surface area (Å²) in [5.74, 6) is 0.719. The minimum Gasteiger partial charge on any atom is -0.507 e. The van der Waals surface area contributed by atoms with E-state index >= 15 is 0 Å². The summed E-state index contributed by atoms with van der Waals surface area (Å²) >= 11 is 5.89. The maximum atomic E-state index is 10.5. The molecule has 5 heteroatoms. The predicted octanol–water partition coefficient (Wildman–Crippen LogP) is 5.68. The third-order valence-electron chi connectivity index (χ3n) is 4.28. The van der Waals surface area contributed by atoms with Crippen LogP contribution >= 0.6 is 11.6 Å². The number of H-pyrrole nitrogens is 1. The van der Waals surface area contributed by atoms with Gasteiger partial charge in [-0.2, -0.15) is 5.10 Å². The smallest absolute Gasteiger partial charge is 0.128 e. The molecule has 0 radical (unpaired) electrons. The number of hydrogen-bond donors (Lipinski definition) is 2. The molecular weight excluding hydrogens is 360 g/mol. The second kappa shape index (κ2) is 7.56. The maximum absolute atomic E-state index is 10.5. The van der Waals surface area contributed by atoms with E-state index in [2.05, 4.69) is 10.2 Å². The number of aromatic hydroxyl groups is 1. The van der Waals surface area contributed by atoms with Crippen molar-refractivity contribution < 1.29 is 9.84 Å². The largest absolute Gasteiger partial charge is 0.507 e. The van der Waals surface area contributed by atoms with E-state index in [1.807, 2.05) is 66.7 Å². The van der Waals surface area contributed by atoms with Crippen molar-refractivity contribution in [3.63, 3.8) is 0 Å². The second-order valence-corrected chi connectivity index (χ2v) is 6.56. The molecule has 0 fully saturated rings. The van der Waals surface area contributed by atoms with Gasteiger partial charge in [0.1, 0.15) is 18.1 Å². The van der Waals surface area contributed by atoms with Crippen molar-refractivity contribution in [3.05, 3.63) is 89.6 Å². The summed E-state index contributed by atoms with van der Waals surface area (Å²) in [4.78, 5) is 0. The minimum atomic E-state index is 0.130. The van der Waals surface area contributed by atoms with Crippen LogP contribution in [0.2, 0.25) is 5.02 Å². The molecule has 0 amide bonds. The minimum absolute atomic E-state index is 0.130. The van der Waals surface area contributed by atoms with Gasteiger partial charge in [-0.15, -0.1) is 0 Å². The topological polar surface area (TPSA) is 58.1 Å². The SMILES string of the molecule is Oc1cc(OCc2ccc(Cl)cc2)ccc1-c1[nH]ncc1-c1ccccc1. The molecule has 0 atom stereocenters. The van der Waals surface area contributed by atoms with Crippen LogP contribution in [0.15, 0.2) is 79.0 Å². The number of phenols is 1. The van der Waals surface area contributed by atoms with Gasteiger partial charge < -0.3 is 9.84 Å². The number of rotatable bonds is 5. The third kappa shape index (κ3) is 3.81. The lowest BCUT2D eigenvalue weighted by molar-refractivity contribution is 0.304. The van der Waals surface area contributed by atoms with Crippen molar-refractivity contribution in [1.82, 2.24) is 10.2 Å². The second-order valence-electron chi connectivity index (χ2n) is 6.12. The van der Waals surface area contributed by atoms with Crippen molar-refractivity contribution in [3.8, 4) is 33.9 Å². The summed E-state index contributed by atoms with van der Waals surface area (Å²) < 4.78 is 5.77. The molecule has 27 heavy (non-hydrogen) atoms. The average molecular weight is 377 g/mol. The van der Waals surface area contributed by atoms with E-state index < -0.39 is 0 Å². The van der Waals surface area contributed by atoms with Gasteiger partial charge in [0.25, 0.3) is 0 Å². The maximum Gasteiger partial charge on any atom is 0.128 e. The van der Waals surface area contributed by atoms with E-state index in [0.29, 0.717) is 22.9 Å². The molecule has 0 saturated heterocycles. The van der Waals surface area contributed by atoms with Crippen LogP contribution in [-0.2, 0) is 6.61 Å². The van der Waals surface area contributed by atoms with Gasteiger partial charge in [0.2, 0.25) is 0 Å². The molecule has 0 aliphatic heterocycles. The lowest BCUT2D eigenvalue weighted by Crippen LogP contribution is -1.95. The van der Waals surface area contributed by atoms with E-state index in [9.17, 15) is 5.11 Å². The van der Waals surface area contributed by atoms with E-state index in [-0.39, 0.29) is 5.75 Å². The fourth-order valence-corrected chi connectivity index (χ4v) is 3.01. The molecule has 4 aromatic rings. The third-order valence-corrected chi connectivity index (χ3v) is 4.53. The molecule has 134 valence electrons. The van der Waals surface area contributed by atoms with Crippen LogP contribution in [0, 0.1) is 0 Å². The quantitative estimate of drug-likeness (QED) is 0.471. The normalized spacial score (nSPS) is 10.7. The van der Waals surface area contributed by atoms with Crippen LogP contribution in [-0.4, -0.2) is 15.3 Å². The van der Waals surface area contributed by atoms with Crippen LogP contribution in [0.5, 0.6) is 11.5 Å². The first-order chi connectivity index (χ1) is 13.2. The molecule has 0 unspecified atom stereocenters. The highest BCUT2D eigenvalue weighted by molar-refractivity contribution is 6.30. The number of aromatic amines is 1. The van der Waals surface area contributed by atoms with Crippen LogP contribution in [0.25, 0.3) is 22.4 Å². The highest BCUT2D eigenvalue weighted by atomic mass is 35.5. The zero-order valence-electron chi connectivity index (χ0n) is 14.4. The Hall–Kier alpha value is -3.24. The Morgan fingerprint density at radius 3 is 2.44 bits per heavy atom. The number of aromatic nitrogens is 2. The lowest BCUT2D eigenvalue weighted by atomic mass is 10.0. The number of phenolic OH excluding ortho intramolecular Hbond substituents is 1. The van der Waals surface area contributed by atoms with E-state index in [0.717, 1.165) is 22.4 Å². The van der Waals surface area contributed by atoms with Gasteiger partial charge >= 0.3 is 0 Å². The van der Waals surface area contributed by atoms with Crippen molar-refractivity contribution in [2.24, 2.45) is 0 Å². The molecule has 1 heterocycles. The summed E-state index contributed by atoms with van der Waals surface area (Å²) in [6.07, 6.45) is 1.76. The van der Waals surface area contributed by atoms with E-state index in [1.54, 1.807) is 12.3 Å². The zero-order chi connectivity index (χ0) is 18.6. The van der Waals surface area contributed by atoms with Gasteiger partial charge in [-0.05, 0) is 35.4 Å². The van der Waals surface area contributed by atoms with Crippen LogP contribution in [0.3, 0.4) is 0 Å². The fraction of sp³-hybridized carbons (Fsp3) is 0.0455. The standard InChI is InChI=1S/C22H17ClN2O2/c23-17-8-6-15(7-9-17)14-27-18-10-11-19(21(26)12-18)22-20(13-24-25-22)16-4-2-1-3-5-16/h1-13,26H,14H2,(H,24,25). The number of ether oxygens (including phenoxy) is 1. The van der Waals surface area contributed by atoms with Crippen molar-refractivity contribution in [2.45, 2.75) is 6.61 Å². The molecule has 3 aromatic carbocycles. The number of nitrogens with zero attached hydrogens (tertiary/aromatic N) is 1. The molecule has 4 rings (SSSR count). The molecule has 0 bridgehead atoms. The Morgan fingerprint density at radius 2 is 1.70 bits per heavy atom. The molecule has 0 spiro atoms.